The average molecular weight is 234 g/mol. The third-order valence-electron chi connectivity index (χ3n) is 2.84. The van der Waals surface area contributed by atoms with Gasteiger partial charge in [0.1, 0.15) is 6.61 Å². The SMILES string of the molecule is c1ccc2sc(OCC3CCCN3)nc2c1. The zero-order valence-corrected chi connectivity index (χ0v) is 9.80. The Labute approximate surface area is 98.5 Å². The Morgan fingerprint density at radius 2 is 2.38 bits per heavy atom. The van der Waals surface area contributed by atoms with Gasteiger partial charge in [-0.3, -0.25) is 0 Å². The molecule has 1 N–H and O–H groups in total. The molecule has 1 aliphatic heterocycles. The summed E-state index contributed by atoms with van der Waals surface area (Å²) >= 11 is 1.62. The molecule has 1 fully saturated rings. The Hall–Kier alpha value is -1.13. The molecule has 84 valence electrons. The highest BCUT2D eigenvalue weighted by Gasteiger charge is 2.15. The van der Waals surface area contributed by atoms with Crippen LogP contribution < -0.4 is 10.1 Å². The van der Waals surface area contributed by atoms with E-state index in [1.807, 2.05) is 18.2 Å². The van der Waals surface area contributed by atoms with Gasteiger partial charge < -0.3 is 10.1 Å². The average Bonchev–Trinajstić information content (AvgIpc) is 2.95. The van der Waals surface area contributed by atoms with E-state index < -0.39 is 0 Å². The number of thiazole rings is 1. The molecule has 1 aliphatic rings. The van der Waals surface area contributed by atoms with E-state index in [0.29, 0.717) is 6.04 Å². The van der Waals surface area contributed by atoms with Crippen molar-refractivity contribution in [2.75, 3.05) is 13.2 Å². The summed E-state index contributed by atoms with van der Waals surface area (Å²) in [5.41, 5.74) is 1.03. The quantitative estimate of drug-likeness (QED) is 0.885. The number of benzene rings is 1. The van der Waals surface area contributed by atoms with Gasteiger partial charge in [-0.1, -0.05) is 23.5 Å². The summed E-state index contributed by atoms with van der Waals surface area (Å²) < 4.78 is 6.91. The minimum absolute atomic E-state index is 0.506. The van der Waals surface area contributed by atoms with Crippen molar-refractivity contribution in [3.63, 3.8) is 0 Å². The molecule has 1 unspecified atom stereocenters. The summed E-state index contributed by atoms with van der Waals surface area (Å²) in [6, 6.07) is 8.64. The fourth-order valence-corrected chi connectivity index (χ4v) is 2.81. The van der Waals surface area contributed by atoms with Gasteiger partial charge in [0.25, 0.3) is 5.19 Å². The third-order valence-corrected chi connectivity index (χ3v) is 3.79. The number of rotatable bonds is 3. The number of para-hydroxylation sites is 1. The molecule has 4 heteroatoms. The molecule has 1 saturated heterocycles. The van der Waals surface area contributed by atoms with Crippen LogP contribution in [0.25, 0.3) is 10.2 Å². The van der Waals surface area contributed by atoms with E-state index in [4.69, 9.17) is 4.74 Å². The maximum atomic E-state index is 5.72. The number of nitrogens with zero attached hydrogens (tertiary/aromatic N) is 1. The lowest BCUT2D eigenvalue weighted by Gasteiger charge is -2.09. The minimum Gasteiger partial charge on any atom is -0.468 e. The number of hydrogen-bond acceptors (Lipinski definition) is 4. The van der Waals surface area contributed by atoms with Gasteiger partial charge in [-0.25, -0.2) is 4.98 Å². The normalized spacial score (nSPS) is 20.4. The lowest BCUT2D eigenvalue weighted by Crippen LogP contribution is -2.28. The van der Waals surface area contributed by atoms with E-state index in [0.717, 1.165) is 23.9 Å². The van der Waals surface area contributed by atoms with E-state index >= 15 is 0 Å². The van der Waals surface area contributed by atoms with Crippen molar-refractivity contribution in [1.29, 1.82) is 0 Å². The second-order valence-corrected chi connectivity index (χ2v) is 5.04. The van der Waals surface area contributed by atoms with Crippen LogP contribution in [0.3, 0.4) is 0 Å². The predicted octanol–water partition coefficient (Wildman–Crippen LogP) is 2.43. The van der Waals surface area contributed by atoms with Crippen molar-refractivity contribution in [2.24, 2.45) is 0 Å². The fraction of sp³-hybridized carbons (Fsp3) is 0.417. The first-order chi connectivity index (χ1) is 7.92. The molecule has 0 bridgehead atoms. The van der Waals surface area contributed by atoms with E-state index in [9.17, 15) is 0 Å². The predicted molar refractivity (Wildman–Crippen MR) is 66.1 cm³/mol. The Balaban J connectivity index is 1.69. The van der Waals surface area contributed by atoms with Crippen molar-refractivity contribution in [2.45, 2.75) is 18.9 Å². The molecule has 1 aromatic carbocycles. The lowest BCUT2D eigenvalue weighted by molar-refractivity contribution is 0.276. The molecule has 3 nitrogen and oxygen atoms in total. The topological polar surface area (TPSA) is 34.1 Å². The van der Waals surface area contributed by atoms with Gasteiger partial charge in [-0.2, -0.15) is 0 Å². The molecule has 0 spiro atoms. The Morgan fingerprint density at radius 3 is 3.19 bits per heavy atom. The van der Waals surface area contributed by atoms with Gasteiger partial charge in [0, 0.05) is 6.04 Å². The minimum atomic E-state index is 0.506. The molecule has 0 aliphatic carbocycles. The summed E-state index contributed by atoms with van der Waals surface area (Å²) in [5.74, 6) is 0. The summed E-state index contributed by atoms with van der Waals surface area (Å²) in [5, 5.41) is 4.20. The summed E-state index contributed by atoms with van der Waals surface area (Å²) in [7, 11) is 0. The van der Waals surface area contributed by atoms with Crippen LogP contribution in [-0.4, -0.2) is 24.2 Å². The van der Waals surface area contributed by atoms with Gasteiger partial charge >= 0.3 is 0 Å². The summed E-state index contributed by atoms with van der Waals surface area (Å²) in [4.78, 5) is 4.44. The summed E-state index contributed by atoms with van der Waals surface area (Å²) in [6.45, 7) is 1.85. The van der Waals surface area contributed by atoms with Gasteiger partial charge in [0.2, 0.25) is 0 Å². The number of fused-ring (bicyclic) bond motifs is 1. The second kappa shape index (κ2) is 4.39. The molecule has 16 heavy (non-hydrogen) atoms. The van der Waals surface area contributed by atoms with Crippen molar-refractivity contribution in [1.82, 2.24) is 10.3 Å². The second-order valence-electron chi connectivity index (χ2n) is 4.05. The first-order valence-corrected chi connectivity index (χ1v) is 6.45. The molecule has 0 amide bonds. The fourth-order valence-electron chi connectivity index (χ4n) is 1.98. The largest absolute Gasteiger partial charge is 0.468 e. The molecule has 1 aromatic heterocycles. The molecule has 2 aromatic rings. The van der Waals surface area contributed by atoms with Crippen LogP contribution in [0.15, 0.2) is 24.3 Å². The standard InChI is InChI=1S/C12H14N2OS/c1-2-6-11-10(5-1)14-12(16-11)15-8-9-4-3-7-13-9/h1-2,5-6,9,13H,3-4,7-8H2. The molecular formula is C12H14N2OS. The van der Waals surface area contributed by atoms with Crippen molar-refractivity contribution in [3.05, 3.63) is 24.3 Å². The Kier molecular flexibility index (Phi) is 2.76. The van der Waals surface area contributed by atoms with Crippen molar-refractivity contribution >= 4 is 21.6 Å². The Bertz CT molecular complexity index is 444. The first kappa shape index (κ1) is 10.1. The van der Waals surface area contributed by atoms with Crippen LogP contribution >= 0.6 is 11.3 Å². The molecule has 0 radical (unpaired) electrons. The number of aromatic nitrogens is 1. The first-order valence-electron chi connectivity index (χ1n) is 5.63. The highest BCUT2D eigenvalue weighted by atomic mass is 32.1. The maximum Gasteiger partial charge on any atom is 0.274 e. The lowest BCUT2D eigenvalue weighted by atomic mass is 10.2. The van der Waals surface area contributed by atoms with Gasteiger partial charge in [-0.05, 0) is 31.5 Å². The number of ether oxygens (including phenoxy) is 1. The zero-order chi connectivity index (χ0) is 10.8. The number of hydrogen-bond donors (Lipinski definition) is 1. The highest BCUT2D eigenvalue weighted by Crippen LogP contribution is 2.27. The van der Waals surface area contributed by atoms with Crippen LogP contribution in [-0.2, 0) is 0 Å². The molecule has 0 saturated carbocycles. The van der Waals surface area contributed by atoms with E-state index in [-0.39, 0.29) is 0 Å². The molecule has 3 rings (SSSR count). The molecule has 1 atom stereocenters. The summed E-state index contributed by atoms with van der Waals surface area (Å²) in [6.07, 6.45) is 2.47. The zero-order valence-electron chi connectivity index (χ0n) is 8.98. The smallest absolute Gasteiger partial charge is 0.274 e. The monoisotopic (exact) mass is 234 g/mol. The maximum absolute atomic E-state index is 5.72. The number of nitrogens with one attached hydrogen (secondary N) is 1. The van der Waals surface area contributed by atoms with E-state index in [1.54, 1.807) is 11.3 Å². The third kappa shape index (κ3) is 2.03. The van der Waals surface area contributed by atoms with Crippen LogP contribution in [0.5, 0.6) is 5.19 Å². The van der Waals surface area contributed by atoms with Crippen molar-refractivity contribution < 1.29 is 4.74 Å². The van der Waals surface area contributed by atoms with Crippen LogP contribution in [0.1, 0.15) is 12.8 Å². The van der Waals surface area contributed by atoms with E-state index in [1.165, 1.54) is 17.5 Å². The van der Waals surface area contributed by atoms with Gasteiger partial charge in [0.15, 0.2) is 0 Å². The van der Waals surface area contributed by atoms with Crippen LogP contribution in [0.4, 0.5) is 0 Å². The highest BCUT2D eigenvalue weighted by molar-refractivity contribution is 7.20. The molecular weight excluding hydrogens is 220 g/mol. The molecule has 2 heterocycles. The van der Waals surface area contributed by atoms with Crippen LogP contribution in [0, 0.1) is 0 Å². The van der Waals surface area contributed by atoms with Crippen LogP contribution in [0.2, 0.25) is 0 Å². The van der Waals surface area contributed by atoms with Crippen molar-refractivity contribution in [3.8, 4) is 5.19 Å². The van der Waals surface area contributed by atoms with E-state index in [2.05, 4.69) is 16.4 Å². The Morgan fingerprint density at radius 1 is 1.44 bits per heavy atom. The van der Waals surface area contributed by atoms with Gasteiger partial charge in [-0.15, -0.1) is 0 Å². The van der Waals surface area contributed by atoms with Gasteiger partial charge in [0.05, 0.1) is 10.2 Å².